The van der Waals surface area contributed by atoms with E-state index in [1.54, 1.807) is 6.07 Å². The van der Waals surface area contributed by atoms with E-state index < -0.39 is 14.4 Å². The van der Waals surface area contributed by atoms with Crippen LogP contribution in [0.4, 0.5) is 9.18 Å². The third-order valence-electron chi connectivity index (χ3n) is 8.18. The summed E-state index contributed by atoms with van der Waals surface area (Å²) < 4.78 is 31.9. The Morgan fingerprint density at radius 1 is 1.00 bits per heavy atom. The van der Waals surface area contributed by atoms with Gasteiger partial charge in [0, 0.05) is 17.5 Å². The molecule has 4 rings (SSSR count). The second kappa shape index (κ2) is 13.0. The molecule has 5 nitrogen and oxygen atoms in total. The van der Waals surface area contributed by atoms with E-state index in [0.29, 0.717) is 25.4 Å². The first kappa shape index (κ1) is 30.5. The average molecular weight is 576 g/mol. The summed E-state index contributed by atoms with van der Waals surface area (Å²) in [6.07, 6.45) is 3.93. The van der Waals surface area contributed by atoms with E-state index in [0.717, 1.165) is 5.56 Å². The fourth-order valence-electron chi connectivity index (χ4n) is 4.73. The number of halogens is 1. The lowest BCUT2D eigenvalue weighted by atomic mass is 9.98. The molecule has 0 saturated carbocycles. The van der Waals surface area contributed by atoms with Crippen LogP contribution < -0.4 is 10.1 Å². The van der Waals surface area contributed by atoms with Crippen molar-refractivity contribution >= 4 is 20.5 Å². The van der Waals surface area contributed by atoms with Crippen molar-refractivity contribution in [3.63, 3.8) is 0 Å². The highest BCUT2D eigenvalue weighted by Gasteiger charge is 2.37. The van der Waals surface area contributed by atoms with Crippen molar-refractivity contribution in [1.82, 2.24) is 5.32 Å². The fourth-order valence-corrected chi connectivity index (χ4v) is 5.76. The van der Waals surface area contributed by atoms with E-state index in [9.17, 15) is 9.18 Å². The number of benzene rings is 3. The minimum atomic E-state index is -1.89. The molecule has 7 heteroatoms. The van der Waals surface area contributed by atoms with Gasteiger partial charge in [-0.1, -0.05) is 88.4 Å². The number of hydrogen-bond donors (Lipinski definition) is 1. The van der Waals surface area contributed by atoms with Gasteiger partial charge in [0.2, 0.25) is 0 Å². The van der Waals surface area contributed by atoms with Crippen molar-refractivity contribution < 1.29 is 23.1 Å². The van der Waals surface area contributed by atoms with Crippen molar-refractivity contribution in [3.8, 4) is 16.9 Å². The molecule has 0 heterocycles. The molecule has 218 valence electrons. The number of hydrogen-bond acceptors (Lipinski definition) is 4. The normalized spacial score (nSPS) is 14.0. The fraction of sp³-hybridized carbons (Fsp3) is 0.382. The second-order valence-electron chi connectivity index (χ2n) is 12.0. The molecule has 0 spiro atoms. The van der Waals surface area contributed by atoms with Crippen LogP contribution in [0, 0.1) is 5.82 Å². The Morgan fingerprint density at radius 2 is 1.63 bits per heavy atom. The molecule has 3 aromatic carbocycles. The molecular weight excluding hydrogens is 533 g/mol. The second-order valence-corrected chi connectivity index (χ2v) is 16.8. The van der Waals surface area contributed by atoms with Gasteiger partial charge < -0.3 is 19.2 Å². The number of fused-ring (bicyclic) bond motifs is 3. The first-order valence-electron chi connectivity index (χ1n) is 14.4. The summed E-state index contributed by atoms with van der Waals surface area (Å²) in [5.41, 5.74) is 5.45. The zero-order valence-corrected chi connectivity index (χ0v) is 26.0. The lowest BCUT2D eigenvalue weighted by Crippen LogP contribution is -2.41. The molecule has 3 aromatic rings. The predicted octanol–water partition coefficient (Wildman–Crippen LogP) is 8.56. The minimum Gasteiger partial charge on any atom is -0.491 e. The molecule has 0 aliphatic heterocycles. The van der Waals surface area contributed by atoms with Gasteiger partial charge >= 0.3 is 6.09 Å². The van der Waals surface area contributed by atoms with Crippen LogP contribution in [0.1, 0.15) is 56.7 Å². The standard InChI is InChI=1S/C34H42FNO4Si/c1-7-26(19-17-24-16-18-25(35)22-32(24)38-20-21-40-41(5,6)34(2,3)4)36-33(37)39-23-31-29-14-10-8-12-27(29)28-13-9-11-15-30(28)31/h8-19,22,26,31H,7,20-21,23H2,1-6H3,(H,36,37)/b19-17+/t26-/m1/s1. The third-order valence-corrected chi connectivity index (χ3v) is 12.7. The van der Waals surface area contributed by atoms with E-state index in [1.165, 1.54) is 34.4 Å². The van der Waals surface area contributed by atoms with Crippen molar-refractivity contribution in [2.75, 3.05) is 19.8 Å². The zero-order chi connectivity index (χ0) is 29.6. The Hall–Kier alpha value is -3.42. The molecule has 0 saturated heterocycles. The van der Waals surface area contributed by atoms with Gasteiger partial charge in [-0.3, -0.25) is 0 Å². The number of nitrogens with one attached hydrogen (secondary N) is 1. The smallest absolute Gasteiger partial charge is 0.407 e. The van der Waals surface area contributed by atoms with Crippen LogP contribution >= 0.6 is 0 Å². The Kier molecular flexibility index (Phi) is 9.71. The van der Waals surface area contributed by atoms with E-state index in [2.05, 4.69) is 63.4 Å². The van der Waals surface area contributed by atoms with Crippen LogP contribution in [-0.4, -0.2) is 40.3 Å². The Labute approximate surface area is 244 Å². The summed E-state index contributed by atoms with van der Waals surface area (Å²) in [5.74, 6) is 0.0747. The Bertz CT molecular complexity index is 1340. The molecule has 1 N–H and O–H groups in total. The lowest BCUT2D eigenvalue weighted by Gasteiger charge is -2.36. The Balaban J connectivity index is 1.34. The van der Waals surface area contributed by atoms with Crippen molar-refractivity contribution in [3.05, 3.63) is 95.3 Å². The molecular formula is C34H42FNO4Si. The summed E-state index contributed by atoms with van der Waals surface area (Å²) in [6, 6.07) is 20.7. The van der Waals surface area contributed by atoms with Gasteiger partial charge in [-0.25, -0.2) is 9.18 Å². The van der Waals surface area contributed by atoms with Gasteiger partial charge in [0.05, 0.1) is 12.6 Å². The quantitative estimate of drug-likeness (QED) is 0.184. The molecule has 1 aliphatic carbocycles. The number of ether oxygens (including phenoxy) is 2. The summed E-state index contributed by atoms with van der Waals surface area (Å²) in [4.78, 5) is 12.8. The van der Waals surface area contributed by atoms with Gasteiger partial charge in [-0.15, -0.1) is 0 Å². The highest BCUT2D eigenvalue weighted by atomic mass is 28.4. The van der Waals surface area contributed by atoms with Crippen LogP contribution in [-0.2, 0) is 9.16 Å². The maximum atomic E-state index is 14.0. The highest BCUT2D eigenvalue weighted by Crippen LogP contribution is 2.44. The summed E-state index contributed by atoms with van der Waals surface area (Å²) >= 11 is 0. The summed E-state index contributed by atoms with van der Waals surface area (Å²) in [7, 11) is -1.89. The molecule has 0 unspecified atom stereocenters. The topological polar surface area (TPSA) is 56.8 Å². The van der Waals surface area contributed by atoms with Crippen LogP contribution in [0.25, 0.3) is 17.2 Å². The molecule has 0 aromatic heterocycles. The average Bonchev–Trinajstić information content (AvgIpc) is 3.26. The first-order valence-corrected chi connectivity index (χ1v) is 17.3. The maximum absolute atomic E-state index is 14.0. The predicted molar refractivity (Wildman–Crippen MR) is 166 cm³/mol. The van der Waals surface area contributed by atoms with Crippen molar-refractivity contribution in [1.29, 1.82) is 0 Å². The van der Waals surface area contributed by atoms with Crippen LogP contribution in [0.15, 0.2) is 72.8 Å². The van der Waals surface area contributed by atoms with Gasteiger partial charge in [-0.05, 0) is 58.9 Å². The summed E-state index contributed by atoms with van der Waals surface area (Å²) in [5, 5.41) is 3.05. The lowest BCUT2D eigenvalue weighted by molar-refractivity contribution is 0.140. The first-order chi connectivity index (χ1) is 19.5. The Morgan fingerprint density at radius 3 is 2.24 bits per heavy atom. The maximum Gasteiger partial charge on any atom is 0.407 e. The zero-order valence-electron chi connectivity index (χ0n) is 25.0. The number of amides is 1. The van der Waals surface area contributed by atoms with E-state index in [-0.39, 0.29) is 29.4 Å². The molecule has 1 atom stereocenters. The van der Waals surface area contributed by atoms with Crippen molar-refractivity contribution in [2.24, 2.45) is 0 Å². The molecule has 1 amide bonds. The van der Waals surface area contributed by atoms with Crippen molar-refractivity contribution in [2.45, 2.75) is 64.2 Å². The number of rotatable bonds is 11. The van der Waals surface area contributed by atoms with E-state index >= 15 is 0 Å². The molecule has 0 radical (unpaired) electrons. The van der Waals surface area contributed by atoms with E-state index in [4.69, 9.17) is 13.9 Å². The summed E-state index contributed by atoms with van der Waals surface area (Å²) in [6.45, 7) is 14.0. The third kappa shape index (κ3) is 7.46. The van der Waals surface area contributed by atoms with Gasteiger partial charge in [0.1, 0.15) is 24.8 Å². The minimum absolute atomic E-state index is 0.00307. The molecule has 0 bridgehead atoms. The van der Waals surface area contributed by atoms with Crippen LogP contribution in [0.5, 0.6) is 5.75 Å². The van der Waals surface area contributed by atoms with Crippen LogP contribution in [0.2, 0.25) is 18.1 Å². The SMILES string of the molecule is CC[C@H](/C=C/c1ccc(F)cc1OCCO[Si](C)(C)C(C)(C)C)NC(=O)OCC1c2ccccc2-c2ccccc21. The van der Waals surface area contributed by atoms with Gasteiger partial charge in [-0.2, -0.15) is 0 Å². The number of carbonyl (C=O) groups is 1. The van der Waals surface area contributed by atoms with E-state index in [1.807, 2.05) is 43.3 Å². The molecule has 0 fully saturated rings. The number of alkyl carbamates (subject to hydrolysis) is 1. The largest absolute Gasteiger partial charge is 0.491 e. The van der Waals surface area contributed by atoms with Gasteiger partial charge in [0.15, 0.2) is 8.32 Å². The monoisotopic (exact) mass is 575 g/mol. The van der Waals surface area contributed by atoms with Crippen LogP contribution in [0.3, 0.4) is 0 Å². The highest BCUT2D eigenvalue weighted by molar-refractivity contribution is 6.74. The molecule has 1 aliphatic rings. The molecule has 41 heavy (non-hydrogen) atoms. The van der Waals surface area contributed by atoms with Gasteiger partial charge in [0.25, 0.3) is 0 Å². The number of carbonyl (C=O) groups excluding carboxylic acids is 1.